The number of hydrogen-bond donors (Lipinski definition) is 0. The van der Waals surface area contributed by atoms with Gasteiger partial charge < -0.3 is 0 Å². The molecule has 0 atom stereocenters. The lowest BCUT2D eigenvalue weighted by Gasteiger charge is -2.02. The maximum absolute atomic E-state index is 14.0. The highest BCUT2D eigenvalue weighted by Crippen LogP contribution is 2.32. The second kappa shape index (κ2) is 5.66. The van der Waals surface area contributed by atoms with E-state index in [0.29, 0.717) is 11.3 Å². The highest BCUT2D eigenvalue weighted by atomic mass is 79.9. The van der Waals surface area contributed by atoms with Crippen molar-refractivity contribution in [1.29, 1.82) is 0 Å². The van der Waals surface area contributed by atoms with Crippen molar-refractivity contribution in [1.82, 2.24) is 4.98 Å². The molecule has 1 heterocycles. The van der Waals surface area contributed by atoms with E-state index in [2.05, 4.69) is 20.9 Å². The Balaban J connectivity index is 2.05. The van der Waals surface area contributed by atoms with E-state index in [1.165, 1.54) is 30.4 Å². The molecule has 2 aromatic carbocycles. The monoisotopic (exact) mass is 365 g/mol. The molecule has 0 aliphatic rings. The summed E-state index contributed by atoms with van der Waals surface area (Å²) < 4.78 is 28.6. The van der Waals surface area contributed by atoms with Gasteiger partial charge in [0.1, 0.15) is 16.6 Å². The fraction of sp³-hybridized carbons (Fsp3) is 0.0625. The Morgan fingerprint density at radius 3 is 2.67 bits per heavy atom. The predicted molar refractivity (Wildman–Crippen MR) is 85.3 cm³/mol. The molecule has 0 aliphatic carbocycles. The van der Waals surface area contributed by atoms with Crippen molar-refractivity contribution in [2.24, 2.45) is 0 Å². The van der Waals surface area contributed by atoms with Crippen molar-refractivity contribution in [2.45, 2.75) is 6.92 Å². The first kappa shape index (κ1) is 14.4. The number of benzene rings is 2. The molecule has 0 amide bonds. The van der Waals surface area contributed by atoms with Crippen LogP contribution in [0.25, 0.3) is 21.8 Å². The van der Waals surface area contributed by atoms with Gasteiger partial charge in [-0.3, -0.25) is 0 Å². The number of thiazole rings is 1. The molecule has 3 aromatic rings. The van der Waals surface area contributed by atoms with Gasteiger partial charge >= 0.3 is 0 Å². The smallest absolute Gasteiger partial charge is 0.133 e. The molecule has 0 aliphatic heterocycles. The maximum Gasteiger partial charge on any atom is 0.133 e. The predicted octanol–water partition coefficient (Wildman–Crippen LogP) is 5.83. The molecule has 1 aromatic heterocycles. The zero-order chi connectivity index (χ0) is 15.0. The summed E-state index contributed by atoms with van der Waals surface area (Å²) in [4.78, 5) is 4.41. The summed E-state index contributed by atoms with van der Waals surface area (Å²) in [5, 5.41) is 2.51. The highest BCUT2D eigenvalue weighted by Gasteiger charge is 2.13. The van der Waals surface area contributed by atoms with Crippen LogP contribution in [0.15, 0.2) is 46.3 Å². The lowest BCUT2D eigenvalue weighted by molar-refractivity contribution is 0.595. The molecule has 0 saturated heterocycles. The van der Waals surface area contributed by atoms with E-state index in [1.807, 2.05) is 24.3 Å². The van der Waals surface area contributed by atoms with Crippen LogP contribution in [0.2, 0.25) is 0 Å². The standard InChI is InChI=1S/C16H10BrF2NS/c1-9-5-14(19)12(7-13(9)18)15-8-21-16(20-15)10-3-2-4-11(17)6-10/h2-8H,1H3. The molecule has 5 heteroatoms. The van der Waals surface area contributed by atoms with Gasteiger partial charge in [0.05, 0.1) is 5.69 Å². The largest absolute Gasteiger partial charge is 0.236 e. The Morgan fingerprint density at radius 2 is 1.90 bits per heavy atom. The molecule has 0 radical (unpaired) electrons. The maximum atomic E-state index is 14.0. The summed E-state index contributed by atoms with van der Waals surface area (Å²) >= 11 is 4.81. The fourth-order valence-corrected chi connectivity index (χ4v) is 3.21. The van der Waals surface area contributed by atoms with Crippen molar-refractivity contribution in [2.75, 3.05) is 0 Å². The Bertz CT molecular complexity index is 814. The first-order valence-electron chi connectivity index (χ1n) is 6.22. The van der Waals surface area contributed by atoms with Gasteiger partial charge in [0, 0.05) is 21.0 Å². The Morgan fingerprint density at radius 1 is 1.10 bits per heavy atom. The molecule has 3 rings (SSSR count). The summed E-state index contributed by atoms with van der Waals surface area (Å²) in [6.45, 7) is 1.54. The van der Waals surface area contributed by atoms with Crippen molar-refractivity contribution in [3.8, 4) is 21.8 Å². The van der Waals surface area contributed by atoms with E-state index < -0.39 is 11.6 Å². The number of rotatable bonds is 2. The summed E-state index contributed by atoms with van der Waals surface area (Å²) in [6, 6.07) is 10.1. The first-order chi connectivity index (χ1) is 10.0. The van der Waals surface area contributed by atoms with E-state index in [0.717, 1.165) is 15.0 Å². The van der Waals surface area contributed by atoms with Crippen molar-refractivity contribution < 1.29 is 8.78 Å². The molecule has 1 nitrogen and oxygen atoms in total. The van der Waals surface area contributed by atoms with Crippen LogP contribution in [-0.2, 0) is 0 Å². The molecule has 0 N–H and O–H groups in total. The fourth-order valence-electron chi connectivity index (χ4n) is 1.99. The third kappa shape index (κ3) is 2.89. The van der Waals surface area contributed by atoms with Crippen molar-refractivity contribution in [3.05, 3.63) is 63.4 Å². The lowest BCUT2D eigenvalue weighted by atomic mass is 10.1. The molecule has 0 bridgehead atoms. The van der Waals surface area contributed by atoms with Gasteiger partial charge in [-0.15, -0.1) is 11.3 Å². The summed E-state index contributed by atoms with van der Waals surface area (Å²) in [6.07, 6.45) is 0. The van der Waals surface area contributed by atoms with E-state index in [1.54, 1.807) is 5.38 Å². The molecule has 0 spiro atoms. The second-order valence-corrected chi connectivity index (χ2v) is 6.40. The third-order valence-electron chi connectivity index (χ3n) is 3.10. The lowest BCUT2D eigenvalue weighted by Crippen LogP contribution is -1.90. The van der Waals surface area contributed by atoms with Crippen LogP contribution in [0.5, 0.6) is 0 Å². The van der Waals surface area contributed by atoms with Gasteiger partial charge in [0.15, 0.2) is 0 Å². The van der Waals surface area contributed by atoms with Crippen LogP contribution < -0.4 is 0 Å². The zero-order valence-corrected chi connectivity index (χ0v) is 13.4. The van der Waals surface area contributed by atoms with Gasteiger partial charge in [0.25, 0.3) is 0 Å². The Hall–Kier alpha value is -1.59. The zero-order valence-electron chi connectivity index (χ0n) is 11.0. The van der Waals surface area contributed by atoms with Crippen LogP contribution in [0.1, 0.15) is 5.56 Å². The molecule has 0 fully saturated rings. The minimum absolute atomic E-state index is 0.190. The van der Waals surface area contributed by atoms with Crippen molar-refractivity contribution >= 4 is 27.3 Å². The van der Waals surface area contributed by atoms with Gasteiger partial charge in [-0.25, -0.2) is 13.8 Å². The van der Waals surface area contributed by atoms with Crippen molar-refractivity contribution in [3.63, 3.8) is 0 Å². The summed E-state index contributed by atoms with van der Waals surface area (Å²) in [7, 11) is 0. The molecule has 0 unspecified atom stereocenters. The summed E-state index contributed by atoms with van der Waals surface area (Å²) in [5.41, 5.74) is 1.87. The quantitative estimate of drug-likeness (QED) is 0.556. The Labute approximate surface area is 133 Å². The number of aryl methyl sites for hydroxylation is 1. The van der Waals surface area contributed by atoms with E-state index in [9.17, 15) is 8.78 Å². The van der Waals surface area contributed by atoms with E-state index in [4.69, 9.17) is 0 Å². The number of halogens is 3. The minimum atomic E-state index is -0.458. The SMILES string of the molecule is Cc1cc(F)c(-c2csc(-c3cccc(Br)c3)n2)cc1F. The van der Waals surface area contributed by atoms with Crippen LogP contribution in [0.4, 0.5) is 8.78 Å². The molecule has 21 heavy (non-hydrogen) atoms. The number of aromatic nitrogens is 1. The van der Waals surface area contributed by atoms with Crippen LogP contribution >= 0.6 is 27.3 Å². The molecular weight excluding hydrogens is 356 g/mol. The minimum Gasteiger partial charge on any atom is -0.236 e. The van der Waals surface area contributed by atoms with E-state index >= 15 is 0 Å². The molecule has 0 saturated carbocycles. The van der Waals surface area contributed by atoms with Gasteiger partial charge in [0.2, 0.25) is 0 Å². The molecular formula is C16H10BrF2NS. The van der Waals surface area contributed by atoms with Crippen LogP contribution in [-0.4, -0.2) is 4.98 Å². The topological polar surface area (TPSA) is 12.9 Å². The van der Waals surface area contributed by atoms with Crippen LogP contribution in [0.3, 0.4) is 0 Å². The van der Waals surface area contributed by atoms with Gasteiger partial charge in [-0.05, 0) is 36.8 Å². The van der Waals surface area contributed by atoms with Gasteiger partial charge in [-0.1, -0.05) is 28.1 Å². The third-order valence-corrected chi connectivity index (χ3v) is 4.48. The van der Waals surface area contributed by atoms with Gasteiger partial charge in [-0.2, -0.15) is 0 Å². The Kier molecular flexibility index (Phi) is 3.87. The number of hydrogen-bond acceptors (Lipinski definition) is 2. The number of nitrogens with zero attached hydrogens (tertiary/aromatic N) is 1. The first-order valence-corrected chi connectivity index (χ1v) is 7.89. The van der Waals surface area contributed by atoms with E-state index in [-0.39, 0.29) is 5.56 Å². The molecule has 106 valence electrons. The average molecular weight is 366 g/mol. The van der Waals surface area contributed by atoms with Crippen LogP contribution in [0, 0.1) is 18.6 Å². The normalized spacial score (nSPS) is 10.9. The second-order valence-electron chi connectivity index (χ2n) is 4.63. The highest BCUT2D eigenvalue weighted by molar-refractivity contribution is 9.10. The average Bonchev–Trinajstić information content (AvgIpc) is 2.92. The summed E-state index contributed by atoms with van der Waals surface area (Å²) in [5.74, 6) is -0.886.